The number of carboxylic acids is 1. The van der Waals surface area contributed by atoms with E-state index in [1.165, 1.54) is 12.0 Å². The van der Waals surface area contributed by atoms with E-state index in [0.717, 1.165) is 11.8 Å². The summed E-state index contributed by atoms with van der Waals surface area (Å²) >= 11 is 9.39. The molecule has 23 heavy (non-hydrogen) atoms. The molecule has 0 spiro atoms. The van der Waals surface area contributed by atoms with Crippen molar-refractivity contribution in [3.05, 3.63) is 27.1 Å². The van der Waals surface area contributed by atoms with Gasteiger partial charge in [-0.15, -0.1) is 0 Å². The summed E-state index contributed by atoms with van der Waals surface area (Å²) in [5.74, 6) is -1.37. The maximum absolute atomic E-state index is 12.3. The third-order valence-corrected chi connectivity index (χ3v) is 4.96. The molecule has 0 aliphatic carbocycles. The predicted octanol–water partition coefficient (Wildman–Crippen LogP) is 1.50. The Morgan fingerprint density at radius 2 is 2.26 bits per heavy atom. The van der Waals surface area contributed by atoms with Crippen LogP contribution in [0.25, 0.3) is 6.08 Å². The van der Waals surface area contributed by atoms with Gasteiger partial charge in [0.05, 0.1) is 16.5 Å². The molecule has 1 saturated heterocycles. The summed E-state index contributed by atoms with van der Waals surface area (Å²) in [5, 5.41) is 20.3. The van der Waals surface area contributed by atoms with Crippen molar-refractivity contribution < 1.29 is 24.5 Å². The SMILES string of the molecule is COc1cc(/C=C2\SC(=S)N(CCC(=O)[O-])C2=O)cc(Br)c1O. The van der Waals surface area contributed by atoms with Crippen LogP contribution < -0.4 is 9.84 Å². The molecule has 0 saturated carbocycles. The molecule has 1 aromatic carbocycles. The average molecular weight is 417 g/mol. The Labute approximate surface area is 150 Å². The van der Waals surface area contributed by atoms with Gasteiger partial charge in [-0.05, 0) is 39.7 Å². The number of rotatable bonds is 5. The van der Waals surface area contributed by atoms with E-state index in [2.05, 4.69) is 15.9 Å². The summed E-state index contributed by atoms with van der Waals surface area (Å²) in [4.78, 5) is 24.4. The Bertz CT molecular complexity index is 719. The number of halogens is 1. The van der Waals surface area contributed by atoms with Gasteiger partial charge in [0.25, 0.3) is 5.91 Å². The first-order valence-corrected chi connectivity index (χ1v) is 8.37. The topological polar surface area (TPSA) is 89.9 Å². The average Bonchev–Trinajstić information content (AvgIpc) is 2.74. The molecular formula is C14H11BrNO5S2-. The second kappa shape index (κ2) is 7.33. The first kappa shape index (κ1) is 17.8. The van der Waals surface area contributed by atoms with Gasteiger partial charge in [-0.3, -0.25) is 9.69 Å². The van der Waals surface area contributed by atoms with Crippen LogP contribution in [0.4, 0.5) is 0 Å². The van der Waals surface area contributed by atoms with Gasteiger partial charge in [-0.1, -0.05) is 24.0 Å². The summed E-state index contributed by atoms with van der Waals surface area (Å²) in [5.41, 5.74) is 0.631. The molecule has 1 aromatic rings. The van der Waals surface area contributed by atoms with Crippen LogP contribution >= 0.6 is 39.9 Å². The molecule has 1 fully saturated rings. The van der Waals surface area contributed by atoms with Crippen LogP contribution in [0.1, 0.15) is 12.0 Å². The van der Waals surface area contributed by atoms with E-state index < -0.39 is 5.97 Å². The lowest BCUT2D eigenvalue weighted by Crippen LogP contribution is -2.33. The van der Waals surface area contributed by atoms with E-state index in [9.17, 15) is 19.8 Å². The number of carboxylic acid groups (broad SMARTS) is 1. The number of hydrogen-bond acceptors (Lipinski definition) is 7. The maximum Gasteiger partial charge on any atom is 0.266 e. The first-order chi connectivity index (χ1) is 10.8. The molecule has 6 nitrogen and oxygen atoms in total. The molecule has 1 heterocycles. The first-order valence-electron chi connectivity index (χ1n) is 6.35. The molecule has 9 heteroatoms. The zero-order valence-electron chi connectivity index (χ0n) is 11.9. The van der Waals surface area contributed by atoms with Gasteiger partial charge < -0.3 is 19.7 Å². The summed E-state index contributed by atoms with van der Waals surface area (Å²) in [7, 11) is 1.42. The molecule has 0 unspecified atom stereocenters. The number of carbonyl (C=O) groups is 2. The fraction of sp³-hybridized carbons (Fsp3) is 0.214. The number of carbonyl (C=O) groups excluding carboxylic acids is 2. The summed E-state index contributed by atoms with van der Waals surface area (Å²) in [6, 6.07) is 3.21. The Balaban J connectivity index is 2.27. The number of amides is 1. The van der Waals surface area contributed by atoms with Crippen molar-refractivity contribution in [3.63, 3.8) is 0 Å². The normalized spacial score (nSPS) is 16.3. The van der Waals surface area contributed by atoms with Gasteiger partial charge in [0.15, 0.2) is 11.5 Å². The fourth-order valence-electron chi connectivity index (χ4n) is 1.88. The number of ether oxygens (including phenoxy) is 1. The quantitative estimate of drug-likeness (QED) is 0.574. The van der Waals surface area contributed by atoms with Crippen LogP contribution in [0.5, 0.6) is 11.5 Å². The Hall–Kier alpha value is -1.58. The lowest BCUT2D eigenvalue weighted by atomic mass is 10.2. The van der Waals surface area contributed by atoms with Gasteiger partial charge in [0, 0.05) is 18.9 Å². The van der Waals surface area contributed by atoms with Gasteiger partial charge >= 0.3 is 0 Å². The van der Waals surface area contributed by atoms with Crippen LogP contribution in [0.15, 0.2) is 21.5 Å². The highest BCUT2D eigenvalue weighted by Crippen LogP contribution is 2.38. The van der Waals surface area contributed by atoms with E-state index in [1.54, 1.807) is 18.2 Å². The summed E-state index contributed by atoms with van der Waals surface area (Å²) < 4.78 is 5.78. The Kier molecular flexibility index (Phi) is 5.66. The van der Waals surface area contributed by atoms with Crippen molar-refractivity contribution in [2.75, 3.05) is 13.7 Å². The monoisotopic (exact) mass is 416 g/mol. The molecule has 0 bridgehead atoms. The second-order valence-corrected chi connectivity index (χ2v) is 7.04. The van der Waals surface area contributed by atoms with Crippen LogP contribution in [0.3, 0.4) is 0 Å². The number of hydrogen-bond donors (Lipinski definition) is 1. The minimum atomic E-state index is -1.24. The van der Waals surface area contributed by atoms with Crippen molar-refractivity contribution in [2.45, 2.75) is 6.42 Å². The molecule has 0 atom stereocenters. The zero-order valence-corrected chi connectivity index (χ0v) is 15.1. The second-order valence-electron chi connectivity index (χ2n) is 4.51. The van der Waals surface area contributed by atoms with Crippen molar-refractivity contribution in [2.24, 2.45) is 0 Å². The maximum atomic E-state index is 12.3. The molecule has 2 rings (SSSR count). The third kappa shape index (κ3) is 4.04. The zero-order chi connectivity index (χ0) is 17.1. The van der Waals surface area contributed by atoms with Crippen LogP contribution in [0.2, 0.25) is 0 Å². The standard InChI is InChI=1S/C14H12BrNO5S2/c1-21-9-5-7(4-8(15)12(9)19)6-10-13(20)16(14(22)23-10)3-2-11(17)18/h4-6,19H,2-3H2,1H3,(H,17,18)/p-1/b10-6-. The number of aromatic hydroxyl groups is 1. The molecule has 0 aromatic heterocycles. The number of nitrogens with zero attached hydrogens (tertiary/aromatic N) is 1. The number of benzene rings is 1. The van der Waals surface area contributed by atoms with E-state index in [-0.39, 0.29) is 30.4 Å². The van der Waals surface area contributed by atoms with E-state index in [1.807, 2.05) is 0 Å². The largest absolute Gasteiger partial charge is 0.550 e. The van der Waals surface area contributed by atoms with Crippen molar-refractivity contribution in [1.82, 2.24) is 4.90 Å². The van der Waals surface area contributed by atoms with E-state index >= 15 is 0 Å². The predicted molar refractivity (Wildman–Crippen MR) is 91.9 cm³/mol. The lowest BCUT2D eigenvalue weighted by molar-refractivity contribution is -0.305. The number of methoxy groups -OCH3 is 1. The van der Waals surface area contributed by atoms with Crippen molar-refractivity contribution in [1.29, 1.82) is 0 Å². The smallest absolute Gasteiger partial charge is 0.266 e. The third-order valence-electron chi connectivity index (χ3n) is 2.98. The molecule has 122 valence electrons. The lowest BCUT2D eigenvalue weighted by Gasteiger charge is -2.14. The number of phenols is 1. The Morgan fingerprint density at radius 1 is 1.57 bits per heavy atom. The van der Waals surface area contributed by atoms with Gasteiger partial charge in [0.1, 0.15) is 4.32 Å². The fourth-order valence-corrected chi connectivity index (χ4v) is 3.65. The number of thioether (sulfide) groups is 1. The minimum absolute atomic E-state index is 0.0209. The molecular weight excluding hydrogens is 406 g/mol. The van der Waals surface area contributed by atoms with E-state index in [4.69, 9.17) is 17.0 Å². The number of phenolic OH excluding ortho intramolecular Hbond substituents is 1. The Morgan fingerprint density at radius 3 is 2.87 bits per heavy atom. The van der Waals surface area contributed by atoms with Gasteiger partial charge in [-0.2, -0.15) is 0 Å². The van der Waals surface area contributed by atoms with Crippen molar-refractivity contribution >= 4 is 62.2 Å². The highest BCUT2D eigenvalue weighted by Gasteiger charge is 2.31. The van der Waals surface area contributed by atoms with Crippen LogP contribution in [-0.2, 0) is 9.59 Å². The molecule has 1 amide bonds. The van der Waals surface area contributed by atoms with Crippen LogP contribution in [0, 0.1) is 0 Å². The molecule has 1 aliphatic heterocycles. The molecule has 0 radical (unpaired) electrons. The van der Waals surface area contributed by atoms with Crippen molar-refractivity contribution in [3.8, 4) is 11.5 Å². The van der Waals surface area contributed by atoms with Gasteiger partial charge in [0.2, 0.25) is 0 Å². The highest BCUT2D eigenvalue weighted by atomic mass is 79.9. The highest BCUT2D eigenvalue weighted by molar-refractivity contribution is 9.10. The number of aliphatic carboxylic acids is 1. The van der Waals surface area contributed by atoms with E-state index in [0.29, 0.717) is 19.3 Å². The number of thiocarbonyl (C=S) groups is 1. The molecule has 1 N–H and O–H groups in total. The minimum Gasteiger partial charge on any atom is -0.550 e. The molecule has 1 aliphatic rings. The summed E-state index contributed by atoms with van der Waals surface area (Å²) in [6.07, 6.45) is 1.32. The summed E-state index contributed by atoms with van der Waals surface area (Å²) in [6.45, 7) is -0.0209. The van der Waals surface area contributed by atoms with Gasteiger partial charge in [-0.25, -0.2) is 0 Å². The van der Waals surface area contributed by atoms with Crippen LogP contribution in [-0.4, -0.2) is 39.9 Å².